The van der Waals surface area contributed by atoms with Crippen LogP contribution in [0.25, 0.3) is 0 Å². The van der Waals surface area contributed by atoms with Crippen molar-refractivity contribution in [3.8, 4) is 5.75 Å². The highest BCUT2D eigenvalue weighted by molar-refractivity contribution is 5.78. The lowest BCUT2D eigenvalue weighted by atomic mass is 10.1. The van der Waals surface area contributed by atoms with E-state index in [4.69, 9.17) is 4.74 Å². The second kappa shape index (κ2) is 8.67. The molecule has 0 saturated heterocycles. The van der Waals surface area contributed by atoms with Crippen molar-refractivity contribution < 1.29 is 14.8 Å². The molecule has 0 aromatic heterocycles. The van der Waals surface area contributed by atoms with Gasteiger partial charge in [0.2, 0.25) is 0 Å². The van der Waals surface area contributed by atoms with Crippen LogP contribution >= 0.6 is 0 Å². The number of quaternary nitrogens is 1. The first-order chi connectivity index (χ1) is 11.8. The lowest BCUT2D eigenvalue weighted by Gasteiger charge is -2.20. The van der Waals surface area contributed by atoms with Crippen molar-refractivity contribution in [1.29, 1.82) is 0 Å². The van der Waals surface area contributed by atoms with E-state index in [2.05, 4.69) is 41.8 Å². The highest BCUT2D eigenvalue weighted by atomic mass is 16.5. The van der Waals surface area contributed by atoms with Gasteiger partial charge in [-0.1, -0.05) is 29.8 Å². The fourth-order valence-electron chi connectivity index (χ4n) is 2.45. The summed E-state index contributed by atoms with van der Waals surface area (Å²) in [5.41, 5.74) is 3.61. The molecule has 2 rings (SSSR count). The topological polar surface area (TPSA) is 54.9 Å². The monoisotopic (exact) mass is 341 g/mol. The van der Waals surface area contributed by atoms with Crippen molar-refractivity contribution >= 4 is 5.91 Å². The second-order valence-electron chi connectivity index (χ2n) is 7.41. The molecule has 4 heteroatoms. The van der Waals surface area contributed by atoms with E-state index in [0.717, 1.165) is 13.1 Å². The molecule has 0 saturated carbocycles. The van der Waals surface area contributed by atoms with Crippen LogP contribution in [0, 0.1) is 6.92 Å². The third-order valence-corrected chi connectivity index (χ3v) is 3.69. The minimum Gasteiger partial charge on any atom is -0.484 e. The number of rotatable bonds is 7. The summed E-state index contributed by atoms with van der Waals surface area (Å²) in [5, 5.41) is 5.15. The number of hydrogen-bond donors (Lipinski definition) is 2. The molecular formula is C21H29N2O2+. The number of carbonyl (C=O) groups is 1. The first kappa shape index (κ1) is 19.0. The zero-order valence-electron chi connectivity index (χ0n) is 15.6. The normalized spacial score (nSPS) is 11.2. The molecule has 0 unspecified atom stereocenters. The Morgan fingerprint density at radius 3 is 2.00 bits per heavy atom. The molecule has 0 atom stereocenters. The van der Waals surface area contributed by atoms with Gasteiger partial charge >= 0.3 is 0 Å². The van der Waals surface area contributed by atoms with Crippen LogP contribution in [0.1, 0.15) is 37.5 Å². The van der Waals surface area contributed by atoms with Crippen LogP contribution in [0.2, 0.25) is 0 Å². The summed E-state index contributed by atoms with van der Waals surface area (Å²) in [6.07, 6.45) is 0. The lowest BCUT2D eigenvalue weighted by Crippen LogP contribution is -2.80. The predicted octanol–water partition coefficient (Wildman–Crippen LogP) is 2.55. The van der Waals surface area contributed by atoms with Crippen LogP contribution in [0.4, 0.5) is 0 Å². The molecule has 25 heavy (non-hydrogen) atoms. The Morgan fingerprint density at radius 1 is 0.960 bits per heavy atom. The summed E-state index contributed by atoms with van der Waals surface area (Å²) < 4.78 is 5.53. The predicted molar refractivity (Wildman–Crippen MR) is 100 cm³/mol. The van der Waals surface area contributed by atoms with Crippen LogP contribution in [-0.4, -0.2) is 18.1 Å². The van der Waals surface area contributed by atoms with E-state index in [0.29, 0.717) is 5.75 Å². The van der Waals surface area contributed by atoms with Gasteiger partial charge in [0.15, 0.2) is 6.61 Å². The summed E-state index contributed by atoms with van der Waals surface area (Å²) >= 11 is 0. The van der Waals surface area contributed by atoms with E-state index < -0.39 is 0 Å². The Labute approximate surface area is 150 Å². The minimum atomic E-state index is -0.239. The van der Waals surface area contributed by atoms with Gasteiger partial charge in [-0.05, 0) is 52.0 Å². The minimum absolute atomic E-state index is 0.0379. The van der Waals surface area contributed by atoms with Gasteiger partial charge in [-0.3, -0.25) is 4.79 Å². The highest BCUT2D eigenvalue weighted by Crippen LogP contribution is 2.11. The first-order valence-corrected chi connectivity index (χ1v) is 8.72. The van der Waals surface area contributed by atoms with Gasteiger partial charge in [-0.2, -0.15) is 0 Å². The smallest absolute Gasteiger partial charge is 0.258 e. The summed E-state index contributed by atoms with van der Waals surface area (Å²) in [4.78, 5) is 11.8. The fourth-order valence-corrected chi connectivity index (χ4v) is 2.45. The van der Waals surface area contributed by atoms with Gasteiger partial charge in [-0.25, -0.2) is 0 Å². The Hall–Kier alpha value is -2.33. The molecule has 2 aromatic rings. The Morgan fingerprint density at radius 2 is 1.48 bits per heavy atom. The molecule has 0 heterocycles. The quantitative estimate of drug-likeness (QED) is 0.813. The Bertz CT molecular complexity index is 671. The summed E-state index contributed by atoms with van der Waals surface area (Å²) in [5.74, 6) is 0.606. The number of hydrogen-bond acceptors (Lipinski definition) is 2. The van der Waals surface area contributed by atoms with Gasteiger partial charge in [-0.15, -0.1) is 0 Å². The van der Waals surface area contributed by atoms with E-state index in [1.54, 1.807) is 0 Å². The average molecular weight is 341 g/mol. The van der Waals surface area contributed by atoms with Gasteiger partial charge in [0, 0.05) is 16.7 Å². The molecule has 134 valence electrons. The molecule has 0 bridgehead atoms. The molecule has 0 radical (unpaired) electrons. The number of carbonyl (C=O) groups excluding carboxylic acids is 1. The molecular weight excluding hydrogens is 312 g/mol. The molecule has 0 aliphatic carbocycles. The average Bonchev–Trinajstić information content (AvgIpc) is 2.54. The number of ether oxygens (including phenoxy) is 1. The third kappa shape index (κ3) is 7.40. The van der Waals surface area contributed by atoms with Crippen LogP contribution in [0.5, 0.6) is 5.75 Å². The lowest BCUT2D eigenvalue weighted by molar-refractivity contribution is -0.686. The SMILES string of the molecule is Cc1ccc(C[NH2+]Cc2ccc(OCC(=O)NC(C)(C)C)cc2)cc1. The summed E-state index contributed by atoms with van der Waals surface area (Å²) in [6, 6.07) is 16.6. The largest absolute Gasteiger partial charge is 0.484 e. The van der Waals surface area contributed by atoms with Gasteiger partial charge in [0.1, 0.15) is 18.8 Å². The van der Waals surface area contributed by atoms with Gasteiger partial charge in [0.25, 0.3) is 5.91 Å². The van der Waals surface area contributed by atoms with Crippen molar-refractivity contribution in [3.63, 3.8) is 0 Å². The van der Waals surface area contributed by atoms with E-state index in [9.17, 15) is 4.79 Å². The molecule has 0 fully saturated rings. The van der Waals surface area contributed by atoms with Crippen LogP contribution < -0.4 is 15.4 Å². The van der Waals surface area contributed by atoms with Crippen molar-refractivity contribution in [2.75, 3.05) is 6.61 Å². The first-order valence-electron chi connectivity index (χ1n) is 8.72. The van der Waals surface area contributed by atoms with E-state index in [1.165, 1.54) is 16.7 Å². The summed E-state index contributed by atoms with van der Waals surface area (Å²) in [7, 11) is 0. The van der Waals surface area contributed by atoms with Gasteiger partial charge in [0.05, 0.1) is 0 Å². The number of nitrogens with one attached hydrogen (secondary N) is 1. The molecule has 1 amide bonds. The van der Waals surface area contributed by atoms with E-state index in [-0.39, 0.29) is 18.1 Å². The molecule has 0 spiro atoms. The Kier molecular flexibility index (Phi) is 6.59. The maximum atomic E-state index is 11.8. The van der Waals surface area contributed by atoms with Crippen LogP contribution in [-0.2, 0) is 17.9 Å². The number of benzene rings is 2. The zero-order chi connectivity index (χ0) is 18.3. The molecule has 0 aliphatic heterocycles. The molecule has 4 nitrogen and oxygen atoms in total. The zero-order valence-corrected chi connectivity index (χ0v) is 15.6. The van der Waals surface area contributed by atoms with Crippen LogP contribution in [0.3, 0.4) is 0 Å². The number of amides is 1. The Balaban J connectivity index is 1.74. The number of nitrogens with two attached hydrogens (primary N) is 1. The van der Waals surface area contributed by atoms with Gasteiger partial charge < -0.3 is 15.4 Å². The van der Waals surface area contributed by atoms with E-state index >= 15 is 0 Å². The van der Waals surface area contributed by atoms with Crippen molar-refractivity contribution in [1.82, 2.24) is 5.32 Å². The van der Waals surface area contributed by atoms with Crippen molar-refractivity contribution in [2.24, 2.45) is 0 Å². The van der Waals surface area contributed by atoms with Crippen molar-refractivity contribution in [3.05, 3.63) is 65.2 Å². The fraction of sp³-hybridized carbons (Fsp3) is 0.381. The maximum Gasteiger partial charge on any atom is 0.258 e. The van der Waals surface area contributed by atoms with Crippen molar-refractivity contribution in [2.45, 2.75) is 46.3 Å². The molecule has 0 aliphatic rings. The highest BCUT2D eigenvalue weighted by Gasteiger charge is 2.13. The molecule has 3 N–H and O–H groups in total. The summed E-state index contributed by atoms with van der Waals surface area (Å²) in [6.45, 7) is 9.87. The van der Waals surface area contributed by atoms with Crippen LogP contribution in [0.15, 0.2) is 48.5 Å². The van der Waals surface area contributed by atoms with E-state index in [1.807, 2.05) is 45.0 Å². The maximum absolute atomic E-state index is 11.8. The molecule has 2 aromatic carbocycles. The number of aryl methyl sites for hydroxylation is 1. The second-order valence-corrected chi connectivity index (χ2v) is 7.41. The third-order valence-electron chi connectivity index (χ3n) is 3.69. The standard InChI is InChI=1S/C21H28N2O2/c1-16-5-7-17(8-6-16)13-22-14-18-9-11-19(12-10-18)25-15-20(24)23-21(2,3)4/h5-12,22H,13-15H2,1-4H3,(H,23,24)/p+1.